The Morgan fingerprint density at radius 1 is 0.414 bits per heavy atom. The van der Waals surface area contributed by atoms with Crippen LogP contribution in [0.1, 0.15) is 329 Å². The van der Waals surface area contributed by atoms with E-state index >= 15 is 0 Å². The van der Waals surface area contributed by atoms with Crippen molar-refractivity contribution >= 4 is 19.7 Å². The normalized spacial score (nSPS) is 14.1. The maximum atomic E-state index is 13.6. The van der Waals surface area contributed by atoms with Gasteiger partial charge in [-0.3, -0.25) is 18.6 Å². The Morgan fingerprint density at radius 3 is 1.11 bits per heavy atom. The molecule has 3 atom stereocenters. The molecule has 504 valence electrons. The van der Waals surface area contributed by atoms with Gasteiger partial charge < -0.3 is 19.4 Å². The van der Waals surface area contributed by atoms with Crippen molar-refractivity contribution in [2.24, 2.45) is 0 Å². The minimum atomic E-state index is -4.46. The molecule has 0 bridgehead atoms. The van der Waals surface area contributed by atoms with Gasteiger partial charge in [0.25, 0.3) is 0 Å². The van der Waals surface area contributed by atoms with Gasteiger partial charge in [-0.25, -0.2) is 4.57 Å². The van der Waals surface area contributed by atoms with Crippen LogP contribution >= 0.6 is 7.82 Å². The average molecular weight is 1240 g/mol. The molecule has 1 amide bonds. The maximum Gasteiger partial charge on any atom is 0.472 e. The summed E-state index contributed by atoms with van der Waals surface area (Å²) in [6.07, 6.45) is 90.0. The Bertz CT molecular complexity index is 1810. The minimum absolute atomic E-state index is 0.0354. The Morgan fingerprint density at radius 2 is 0.736 bits per heavy atom. The summed E-state index contributed by atoms with van der Waals surface area (Å²) in [5.74, 6) is -0.509. The standard InChI is InChI=1S/C77H139N2O7P/c1-7-10-13-16-19-22-25-27-29-31-33-35-37-38-39-40-42-43-45-47-49-51-54-57-60-63-66-69-76(80)78-74(73-85-87(82,83)84-72-71-79(4,5)6)75(68-65-62-59-56-53-24-21-18-15-12-9-3)86-77(81)70-67-64-61-58-55-52-50-48-46-44-41-36-34-32-30-28-26-23-20-17-14-11-8-2/h10,13,19,22,27-30,33,35,38-39,42-43,65,68,74-75H,7-9,11-12,14-18,20-21,23-26,31-32,34,36-37,40-41,44-64,66-67,69-73H2,1-6H3,(H-,78,80,82,83)/p+1/b13-10-,22-19-,29-27-,30-28+,35-33-,39-38-,43-42-,68-65-. The zero-order valence-electron chi connectivity index (χ0n) is 57.7. The molecule has 0 aromatic heterocycles. The van der Waals surface area contributed by atoms with E-state index in [0.29, 0.717) is 17.4 Å². The van der Waals surface area contributed by atoms with Crippen LogP contribution in [0.2, 0.25) is 0 Å². The Labute approximate surface area is 538 Å². The largest absolute Gasteiger partial charge is 0.472 e. The van der Waals surface area contributed by atoms with Gasteiger partial charge in [-0.2, -0.15) is 0 Å². The average Bonchev–Trinajstić information content (AvgIpc) is 3.70. The molecular weight excluding hydrogens is 1100 g/mol. The lowest BCUT2D eigenvalue weighted by Crippen LogP contribution is -2.47. The van der Waals surface area contributed by atoms with Gasteiger partial charge in [0.15, 0.2) is 0 Å². The van der Waals surface area contributed by atoms with Crippen molar-refractivity contribution in [1.29, 1.82) is 0 Å². The summed E-state index contributed by atoms with van der Waals surface area (Å²) >= 11 is 0. The summed E-state index contributed by atoms with van der Waals surface area (Å²) in [5, 5.41) is 3.07. The number of esters is 1. The Balaban J connectivity index is 5.01. The van der Waals surface area contributed by atoms with Crippen LogP contribution in [-0.4, -0.2) is 74.3 Å². The highest BCUT2D eigenvalue weighted by molar-refractivity contribution is 7.47. The molecule has 10 heteroatoms. The number of hydrogen-bond acceptors (Lipinski definition) is 6. The van der Waals surface area contributed by atoms with Crippen molar-refractivity contribution in [3.05, 3.63) is 97.2 Å². The van der Waals surface area contributed by atoms with Crippen molar-refractivity contribution in [1.82, 2.24) is 5.32 Å². The minimum Gasteiger partial charge on any atom is -0.456 e. The predicted octanol–water partition coefficient (Wildman–Crippen LogP) is 23.5. The summed E-state index contributed by atoms with van der Waals surface area (Å²) < 4.78 is 30.8. The number of rotatable bonds is 66. The zero-order chi connectivity index (χ0) is 63.5. The van der Waals surface area contributed by atoms with Crippen LogP contribution in [0, 0.1) is 0 Å². The number of carbonyl (C=O) groups excluding carboxylic acids is 2. The molecule has 0 saturated carbocycles. The van der Waals surface area contributed by atoms with E-state index in [2.05, 4.69) is 111 Å². The molecule has 0 aliphatic carbocycles. The lowest BCUT2D eigenvalue weighted by molar-refractivity contribution is -0.870. The molecule has 3 unspecified atom stereocenters. The van der Waals surface area contributed by atoms with Gasteiger partial charge in [0.2, 0.25) is 5.91 Å². The van der Waals surface area contributed by atoms with Gasteiger partial charge in [0.05, 0.1) is 33.8 Å². The van der Waals surface area contributed by atoms with Gasteiger partial charge in [-0.15, -0.1) is 0 Å². The van der Waals surface area contributed by atoms with E-state index in [0.717, 1.165) is 109 Å². The summed E-state index contributed by atoms with van der Waals surface area (Å²) in [5.41, 5.74) is 0. The molecule has 0 aliphatic heterocycles. The third kappa shape index (κ3) is 67.2. The second-order valence-electron chi connectivity index (χ2n) is 25.7. The molecule has 0 saturated heterocycles. The fraction of sp³-hybridized carbons (Fsp3) is 0.766. The molecule has 0 radical (unpaired) electrons. The number of amides is 1. The van der Waals surface area contributed by atoms with Crippen LogP contribution in [-0.2, 0) is 27.9 Å². The number of allylic oxidation sites excluding steroid dienone is 15. The second-order valence-corrected chi connectivity index (χ2v) is 27.2. The maximum absolute atomic E-state index is 13.6. The number of unbranched alkanes of at least 4 members (excludes halogenated alkanes) is 36. The van der Waals surface area contributed by atoms with Crippen molar-refractivity contribution in [2.45, 2.75) is 341 Å². The van der Waals surface area contributed by atoms with Gasteiger partial charge in [-0.1, -0.05) is 305 Å². The van der Waals surface area contributed by atoms with Gasteiger partial charge in [0, 0.05) is 12.8 Å². The van der Waals surface area contributed by atoms with E-state index in [1.807, 2.05) is 33.3 Å². The second kappa shape index (κ2) is 65.9. The molecule has 0 aromatic rings. The van der Waals surface area contributed by atoms with Crippen LogP contribution in [0.25, 0.3) is 0 Å². The highest BCUT2D eigenvalue weighted by Gasteiger charge is 2.30. The molecule has 9 nitrogen and oxygen atoms in total. The number of likely N-dealkylation sites (N-methyl/N-ethyl adjacent to an activating group) is 1. The van der Waals surface area contributed by atoms with Gasteiger partial charge >= 0.3 is 13.8 Å². The van der Waals surface area contributed by atoms with E-state index in [9.17, 15) is 19.0 Å². The summed E-state index contributed by atoms with van der Waals surface area (Å²) in [4.78, 5) is 37.9. The fourth-order valence-electron chi connectivity index (χ4n) is 10.4. The number of ether oxygens (including phenoxy) is 1. The summed E-state index contributed by atoms with van der Waals surface area (Å²) in [6, 6.07) is -0.858. The monoisotopic (exact) mass is 1240 g/mol. The lowest BCUT2D eigenvalue weighted by Gasteiger charge is -2.27. The van der Waals surface area contributed by atoms with Crippen LogP contribution in [0.3, 0.4) is 0 Å². The molecule has 0 aliphatic rings. The highest BCUT2D eigenvalue weighted by Crippen LogP contribution is 2.43. The molecular formula is C77H140N2O7P+. The van der Waals surface area contributed by atoms with Crippen molar-refractivity contribution in [3.8, 4) is 0 Å². The van der Waals surface area contributed by atoms with E-state index in [4.69, 9.17) is 13.8 Å². The number of nitrogens with one attached hydrogen (secondary N) is 1. The highest BCUT2D eigenvalue weighted by atomic mass is 31.2. The number of nitrogens with zero attached hydrogens (tertiary/aromatic N) is 1. The van der Waals surface area contributed by atoms with Gasteiger partial charge in [0.1, 0.15) is 19.3 Å². The van der Waals surface area contributed by atoms with Crippen molar-refractivity contribution in [3.63, 3.8) is 0 Å². The smallest absolute Gasteiger partial charge is 0.456 e. The Kier molecular flexibility index (Phi) is 63.5. The fourth-order valence-corrected chi connectivity index (χ4v) is 11.1. The van der Waals surface area contributed by atoms with Crippen LogP contribution in [0.4, 0.5) is 0 Å². The SMILES string of the molecule is CC/C=C\C/C=C\C/C=C\C/C=C\C/C=C\C/C=C\CCCCCCCCCCC(=O)NC(COP(=O)(O)OCC[N+](C)(C)C)C(/C=C\CCCCCCCCCCC)OC(=O)CCCCCCCCCCCCCCC/C=C/CCCCCCCC. The van der Waals surface area contributed by atoms with Gasteiger partial charge in [-0.05, 0) is 109 Å². The summed E-state index contributed by atoms with van der Waals surface area (Å²) in [7, 11) is 1.49. The summed E-state index contributed by atoms with van der Waals surface area (Å²) in [6.45, 7) is 6.91. The lowest BCUT2D eigenvalue weighted by atomic mass is 10.0. The third-order valence-electron chi connectivity index (χ3n) is 16.0. The topological polar surface area (TPSA) is 111 Å². The van der Waals surface area contributed by atoms with E-state index in [1.165, 1.54) is 186 Å². The van der Waals surface area contributed by atoms with Crippen molar-refractivity contribution < 1.29 is 37.3 Å². The number of carbonyl (C=O) groups is 2. The van der Waals surface area contributed by atoms with Crippen LogP contribution in [0.15, 0.2) is 97.2 Å². The number of phosphoric acid groups is 1. The molecule has 0 heterocycles. The number of quaternary nitrogens is 1. The third-order valence-corrected chi connectivity index (χ3v) is 17.0. The molecule has 87 heavy (non-hydrogen) atoms. The molecule has 0 aromatic carbocycles. The molecule has 0 rings (SSSR count). The van der Waals surface area contributed by atoms with Crippen molar-refractivity contribution in [2.75, 3.05) is 40.9 Å². The first-order valence-corrected chi connectivity index (χ1v) is 38.1. The first kappa shape index (κ1) is 83.9. The van der Waals surface area contributed by atoms with E-state index < -0.39 is 20.0 Å². The first-order valence-electron chi connectivity index (χ1n) is 36.6. The first-order chi connectivity index (χ1) is 42.4. The van der Waals surface area contributed by atoms with Crippen LogP contribution in [0.5, 0.6) is 0 Å². The zero-order valence-corrected chi connectivity index (χ0v) is 58.6. The van der Waals surface area contributed by atoms with Crippen LogP contribution < -0.4 is 5.32 Å². The number of phosphoric ester groups is 1. The quantitative estimate of drug-likeness (QED) is 0.0205. The Hall–Kier alpha value is -3.07. The molecule has 2 N–H and O–H groups in total. The number of hydrogen-bond donors (Lipinski definition) is 2. The van der Waals surface area contributed by atoms with E-state index in [-0.39, 0.29) is 31.5 Å². The predicted molar refractivity (Wildman–Crippen MR) is 378 cm³/mol. The van der Waals surface area contributed by atoms with E-state index in [1.54, 1.807) is 0 Å². The molecule has 0 spiro atoms. The molecule has 0 fully saturated rings.